The van der Waals surface area contributed by atoms with Crippen LogP contribution in [0.2, 0.25) is 0 Å². The Balaban J connectivity index is 1.92. The lowest BCUT2D eigenvalue weighted by Crippen LogP contribution is -2.33. The zero-order valence-corrected chi connectivity index (χ0v) is 11.3. The van der Waals surface area contributed by atoms with Gasteiger partial charge >= 0.3 is 0 Å². The van der Waals surface area contributed by atoms with E-state index in [1.165, 1.54) is 5.56 Å². The maximum absolute atomic E-state index is 11.7. The zero-order valence-electron chi connectivity index (χ0n) is 11.3. The van der Waals surface area contributed by atoms with Crippen molar-refractivity contribution in [2.75, 3.05) is 4.90 Å². The minimum atomic E-state index is 0.0909. The van der Waals surface area contributed by atoms with Crippen molar-refractivity contribution < 1.29 is 9.59 Å². The van der Waals surface area contributed by atoms with Gasteiger partial charge in [-0.25, -0.2) is 0 Å². The largest absolute Gasteiger partial charge is 0.349 e. The van der Waals surface area contributed by atoms with Crippen LogP contribution in [0.4, 0.5) is 5.69 Å². The van der Waals surface area contributed by atoms with Crippen molar-refractivity contribution in [3.8, 4) is 0 Å². The summed E-state index contributed by atoms with van der Waals surface area (Å²) in [6.07, 6.45) is 2.37. The number of carbonyl (C=O) groups excluding carboxylic acids is 2. The summed E-state index contributed by atoms with van der Waals surface area (Å²) in [6, 6.07) is 6.55. The number of hydrogen-bond acceptors (Lipinski definition) is 2. The fraction of sp³-hybridized carbons (Fsp3) is 0.467. The van der Waals surface area contributed by atoms with E-state index in [4.69, 9.17) is 0 Å². The third kappa shape index (κ3) is 2.01. The van der Waals surface area contributed by atoms with E-state index in [1.807, 2.05) is 17.0 Å². The van der Waals surface area contributed by atoms with Crippen molar-refractivity contribution in [1.29, 1.82) is 0 Å². The normalized spacial score (nSPS) is 25.4. The van der Waals surface area contributed by atoms with Crippen LogP contribution >= 0.6 is 0 Å². The van der Waals surface area contributed by atoms with Gasteiger partial charge in [-0.1, -0.05) is 12.1 Å². The van der Waals surface area contributed by atoms with Crippen LogP contribution in [0.25, 0.3) is 0 Å². The lowest BCUT2D eigenvalue weighted by molar-refractivity contribution is -0.119. The molecule has 4 heteroatoms. The smallest absolute Gasteiger partial charge is 0.224 e. The van der Waals surface area contributed by atoms with Crippen LogP contribution in [-0.4, -0.2) is 17.9 Å². The fourth-order valence-corrected chi connectivity index (χ4v) is 3.21. The van der Waals surface area contributed by atoms with Gasteiger partial charge in [0.15, 0.2) is 0 Å². The molecule has 1 aromatic rings. The molecule has 2 heterocycles. The van der Waals surface area contributed by atoms with E-state index < -0.39 is 0 Å². The molecule has 1 aromatic carbocycles. The maximum atomic E-state index is 11.7. The van der Waals surface area contributed by atoms with Crippen LogP contribution in [0, 0.1) is 0 Å². The van der Waals surface area contributed by atoms with Crippen LogP contribution in [0.5, 0.6) is 0 Å². The van der Waals surface area contributed by atoms with Gasteiger partial charge in [-0.15, -0.1) is 0 Å². The van der Waals surface area contributed by atoms with Gasteiger partial charge in [0.2, 0.25) is 11.8 Å². The highest BCUT2D eigenvalue weighted by atomic mass is 16.2. The molecule has 3 rings (SSSR count). The molecule has 19 heavy (non-hydrogen) atoms. The Morgan fingerprint density at radius 3 is 2.84 bits per heavy atom. The molecule has 2 unspecified atom stereocenters. The fourth-order valence-electron chi connectivity index (χ4n) is 3.21. The van der Waals surface area contributed by atoms with Crippen molar-refractivity contribution in [2.45, 2.75) is 45.2 Å². The molecule has 0 bridgehead atoms. The highest BCUT2D eigenvalue weighted by Gasteiger charge is 2.30. The number of carbonyl (C=O) groups is 2. The molecule has 4 nitrogen and oxygen atoms in total. The Labute approximate surface area is 112 Å². The van der Waals surface area contributed by atoms with Crippen LogP contribution < -0.4 is 10.2 Å². The summed E-state index contributed by atoms with van der Waals surface area (Å²) < 4.78 is 0. The number of amides is 2. The number of nitrogens with zero attached hydrogens (tertiary/aromatic N) is 1. The van der Waals surface area contributed by atoms with E-state index in [-0.39, 0.29) is 23.9 Å². The van der Waals surface area contributed by atoms with Crippen molar-refractivity contribution in [1.82, 2.24) is 5.32 Å². The van der Waals surface area contributed by atoms with E-state index in [1.54, 1.807) is 6.92 Å². The van der Waals surface area contributed by atoms with Gasteiger partial charge in [0.1, 0.15) is 0 Å². The van der Waals surface area contributed by atoms with Gasteiger partial charge in [-0.05, 0) is 37.0 Å². The highest BCUT2D eigenvalue weighted by molar-refractivity contribution is 5.94. The second kappa shape index (κ2) is 4.37. The van der Waals surface area contributed by atoms with Gasteiger partial charge in [0, 0.05) is 25.1 Å². The molecule has 2 atom stereocenters. The minimum absolute atomic E-state index is 0.0909. The van der Waals surface area contributed by atoms with Gasteiger partial charge < -0.3 is 10.2 Å². The summed E-state index contributed by atoms with van der Waals surface area (Å²) >= 11 is 0. The Bertz CT molecular complexity index is 553. The number of rotatable bonds is 1. The molecule has 0 spiro atoms. The number of nitrogens with one attached hydrogen (secondary N) is 1. The van der Waals surface area contributed by atoms with Crippen LogP contribution in [-0.2, 0) is 16.0 Å². The molecule has 0 aromatic heterocycles. The van der Waals surface area contributed by atoms with E-state index in [0.29, 0.717) is 6.42 Å². The minimum Gasteiger partial charge on any atom is -0.349 e. The molecule has 1 N–H and O–H groups in total. The number of benzene rings is 1. The van der Waals surface area contributed by atoms with Gasteiger partial charge in [-0.2, -0.15) is 0 Å². The Morgan fingerprint density at radius 1 is 1.42 bits per heavy atom. The van der Waals surface area contributed by atoms with Gasteiger partial charge in [0.25, 0.3) is 0 Å². The van der Waals surface area contributed by atoms with Crippen molar-refractivity contribution in [3.05, 3.63) is 29.3 Å². The maximum Gasteiger partial charge on any atom is 0.224 e. The summed E-state index contributed by atoms with van der Waals surface area (Å²) in [5.41, 5.74) is 3.39. The second-order valence-corrected chi connectivity index (χ2v) is 5.49. The number of hydrogen-bond donors (Lipinski definition) is 1. The van der Waals surface area contributed by atoms with E-state index >= 15 is 0 Å². The average molecular weight is 258 g/mol. The Kier molecular flexibility index (Phi) is 2.81. The lowest BCUT2D eigenvalue weighted by Gasteiger charge is -2.21. The third-order valence-corrected chi connectivity index (χ3v) is 4.06. The van der Waals surface area contributed by atoms with Gasteiger partial charge in [-0.3, -0.25) is 9.59 Å². The molecule has 2 amide bonds. The molecule has 1 fully saturated rings. The highest BCUT2D eigenvalue weighted by Crippen LogP contribution is 2.35. The monoisotopic (exact) mass is 258 g/mol. The first-order valence-corrected chi connectivity index (χ1v) is 6.78. The predicted molar refractivity (Wildman–Crippen MR) is 72.9 cm³/mol. The molecule has 0 aliphatic carbocycles. The molecule has 0 saturated carbocycles. The summed E-state index contributed by atoms with van der Waals surface area (Å²) in [7, 11) is 0. The molecular weight excluding hydrogens is 240 g/mol. The molecule has 2 aliphatic rings. The lowest BCUT2D eigenvalue weighted by atomic mass is 10.0. The van der Waals surface area contributed by atoms with Crippen LogP contribution in [0.15, 0.2) is 18.2 Å². The Morgan fingerprint density at radius 2 is 2.21 bits per heavy atom. The quantitative estimate of drug-likeness (QED) is 0.836. The zero-order chi connectivity index (χ0) is 13.6. The molecule has 0 radical (unpaired) electrons. The first kappa shape index (κ1) is 12.2. The van der Waals surface area contributed by atoms with E-state index in [9.17, 15) is 9.59 Å². The summed E-state index contributed by atoms with van der Waals surface area (Å²) in [6.45, 7) is 3.68. The summed E-state index contributed by atoms with van der Waals surface area (Å²) in [5, 5.41) is 2.99. The van der Waals surface area contributed by atoms with Crippen molar-refractivity contribution in [3.63, 3.8) is 0 Å². The first-order valence-electron chi connectivity index (χ1n) is 6.78. The average Bonchev–Trinajstić information content (AvgIpc) is 2.90. The number of anilines is 1. The van der Waals surface area contributed by atoms with E-state index in [0.717, 1.165) is 24.1 Å². The topological polar surface area (TPSA) is 49.4 Å². The van der Waals surface area contributed by atoms with Crippen molar-refractivity contribution >= 4 is 17.5 Å². The molecule has 100 valence electrons. The predicted octanol–water partition coefficient (Wildman–Crippen LogP) is 1.94. The molecular formula is C15H18N2O2. The molecule has 1 saturated heterocycles. The third-order valence-electron chi connectivity index (χ3n) is 4.06. The van der Waals surface area contributed by atoms with Crippen LogP contribution in [0.1, 0.15) is 43.9 Å². The van der Waals surface area contributed by atoms with Crippen LogP contribution in [0.3, 0.4) is 0 Å². The summed E-state index contributed by atoms with van der Waals surface area (Å²) in [4.78, 5) is 24.8. The van der Waals surface area contributed by atoms with E-state index in [2.05, 4.69) is 18.3 Å². The van der Waals surface area contributed by atoms with Crippen molar-refractivity contribution in [2.24, 2.45) is 0 Å². The first-order chi connectivity index (χ1) is 9.06. The van der Waals surface area contributed by atoms with Gasteiger partial charge in [0.05, 0.1) is 6.04 Å². The summed E-state index contributed by atoms with van der Waals surface area (Å²) in [5.74, 6) is 0.220. The second-order valence-electron chi connectivity index (χ2n) is 5.49. The molecule has 2 aliphatic heterocycles. The SMILES string of the molecule is CC(=O)N1c2ccc(C3CCC(=O)N3)cc2CC1C. The number of fused-ring (bicyclic) bond motifs is 1. The standard InChI is InChI=1S/C15H18N2O2/c1-9-7-12-8-11(13-4-6-15(19)16-13)3-5-14(12)17(9)10(2)18/h3,5,8-9,13H,4,6-7H2,1-2H3,(H,16,19). The Hall–Kier alpha value is -1.84.